The molecular formula is C14H17N3O3. The number of aromatic nitrogens is 2. The van der Waals surface area contributed by atoms with Gasteiger partial charge >= 0.3 is 5.97 Å². The fourth-order valence-corrected chi connectivity index (χ4v) is 1.70. The van der Waals surface area contributed by atoms with Gasteiger partial charge in [-0.05, 0) is 26.0 Å². The number of rotatable bonds is 6. The van der Waals surface area contributed by atoms with Crippen LogP contribution in [0, 0.1) is 6.92 Å². The van der Waals surface area contributed by atoms with Crippen molar-refractivity contribution >= 4 is 5.97 Å². The van der Waals surface area contributed by atoms with Crippen molar-refractivity contribution in [2.24, 2.45) is 0 Å². The van der Waals surface area contributed by atoms with E-state index in [0.29, 0.717) is 24.9 Å². The van der Waals surface area contributed by atoms with E-state index in [0.717, 1.165) is 11.1 Å². The van der Waals surface area contributed by atoms with Crippen LogP contribution < -0.4 is 5.32 Å². The van der Waals surface area contributed by atoms with Crippen molar-refractivity contribution in [1.82, 2.24) is 15.5 Å². The molecule has 0 unspecified atom stereocenters. The van der Waals surface area contributed by atoms with Gasteiger partial charge in [0.2, 0.25) is 11.8 Å². The molecule has 0 atom stereocenters. The maximum Gasteiger partial charge on any atom is 0.319 e. The standard InChI is InChI=1S/C14H17N3O3/c1-3-19-13(18)9-15-8-12-16-17-14(20-12)11-6-4-5-10(2)7-11/h4-7,15H,3,8-9H2,1-2H3. The van der Waals surface area contributed by atoms with Gasteiger partial charge < -0.3 is 9.15 Å². The Hall–Kier alpha value is -2.21. The zero-order valence-electron chi connectivity index (χ0n) is 11.5. The highest BCUT2D eigenvalue weighted by atomic mass is 16.5. The Kier molecular flexibility index (Phi) is 4.84. The Balaban J connectivity index is 1.91. The summed E-state index contributed by atoms with van der Waals surface area (Å²) in [7, 11) is 0. The van der Waals surface area contributed by atoms with Gasteiger partial charge in [0.15, 0.2) is 0 Å². The molecule has 1 N–H and O–H groups in total. The molecule has 0 radical (unpaired) electrons. The molecule has 20 heavy (non-hydrogen) atoms. The first-order valence-electron chi connectivity index (χ1n) is 6.45. The average Bonchev–Trinajstić information content (AvgIpc) is 2.88. The second-order valence-electron chi connectivity index (χ2n) is 4.28. The van der Waals surface area contributed by atoms with Crippen molar-refractivity contribution in [2.75, 3.05) is 13.2 Å². The van der Waals surface area contributed by atoms with Crippen LogP contribution in [0.15, 0.2) is 28.7 Å². The molecule has 1 heterocycles. The summed E-state index contributed by atoms with van der Waals surface area (Å²) in [5.41, 5.74) is 2.01. The van der Waals surface area contributed by atoms with Crippen LogP contribution in [0.1, 0.15) is 18.4 Å². The predicted octanol–water partition coefficient (Wildman–Crippen LogP) is 1.70. The van der Waals surface area contributed by atoms with Gasteiger partial charge in [-0.2, -0.15) is 0 Å². The lowest BCUT2D eigenvalue weighted by molar-refractivity contribution is -0.142. The van der Waals surface area contributed by atoms with Gasteiger partial charge in [0.1, 0.15) is 0 Å². The summed E-state index contributed by atoms with van der Waals surface area (Å²) in [6.07, 6.45) is 0. The molecule has 0 fully saturated rings. The molecule has 6 heteroatoms. The zero-order chi connectivity index (χ0) is 14.4. The lowest BCUT2D eigenvalue weighted by Gasteiger charge is -2.01. The molecule has 0 aliphatic carbocycles. The smallest absolute Gasteiger partial charge is 0.319 e. The van der Waals surface area contributed by atoms with Crippen LogP contribution in [0.5, 0.6) is 0 Å². The zero-order valence-corrected chi connectivity index (χ0v) is 11.5. The summed E-state index contributed by atoms with van der Waals surface area (Å²) in [5.74, 6) is 0.610. The number of hydrogen-bond donors (Lipinski definition) is 1. The SMILES string of the molecule is CCOC(=O)CNCc1nnc(-c2cccc(C)c2)o1. The molecule has 0 saturated carbocycles. The molecule has 2 rings (SSSR count). The number of carbonyl (C=O) groups is 1. The number of nitrogens with one attached hydrogen (secondary N) is 1. The van der Waals surface area contributed by atoms with Crippen LogP contribution in [0.2, 0.25) is 0 Å². The predicted molar refractivity (Wildman–Crippen MR) is 72.8 cm³/mol. The number of carbonyl (C=O) groups excluding carboxylic acids is 1. The first-order valence-corrected chi connectivity index (χ1v) is 6.45. The maximum absolute atomic E-state index is 11.1. The lowest BCUT2D eigenvalue weighted by Crippen LogP contribution is -2.24. The summed E-state index contributed by atoms with van der Waals surface area (Å²) in [4.78, 5) is 11.1. The van der Waals surface area contributed by atoms with Crippen LogP contribution in [-0.2, 0) is 16.1 Å². The van der Waals surface area contributed by atoms with Crippen molar-refractivity contribution < 1.29 is 13.9 Å². The van der Waals surface area contributed by atoms with Crippen LogP contribution in [0.3, 0.4) is 0 Å². The van der Waals surface area contributed by atoms with Gasteiger partial charge in [0.25, 0.3) is 0 Å². The minimum atomic E-state index is -0.300. The van der Waals surface area contributed by atoms with E-state index in [4.69, 9.17) is 9.15 Å². The summed E-state index contributed by atoms with van der Waals surface area (Å²) in [6, 6.07) is 7.83. The highest BCUT2D eigenvalue weighted by molar-refractivity contribution is 5.71. The Morgan fingerprint density at radius 2 is 2.25 bits per heavy atom. The Morgan fingerprint density at radius 1 is 1.40 bits per heavy atom. The van der Waals surface area contributed by atoms with E-state index in [1.54, 1.807) is 6.92 Å². The fraction of sp³-hybridized carbons (Fsp3) is 0.357. The normalized spacial score (nSPS) is 10.5. The van der Waals surface area contributed by atoms with Crippen molar-refractivity contribution in [2.45, 2.75) is 20.4 Å². The van der Waals surface area contributed by atoms with Crippen molar-refractivity contribution in [3.05, 3.63) is 35.7 Å². The topological polar surface area (TPSA) is 77.2 Å². The Labute approximate surface area is 117 Å². The molecule has 0 aliphatic heterocycles. The summed E-state index contributed by atoms with van der Waals surface area (Å²) in [5, 5.41) is 10.8. The summed E-state index contributed by atoms with van der Waals surface area (Å²) >= 11 is 0. The minimum Gasteiger partial charge on any atom is -0.465 e. The third-order valence-electron chi connectivity index (χ3n) is 2.58. The van der Waals surface area contributed by atoms with Gasteiger partial charge in [-0.25, -0.2) is 0 Å². The number of benzene rings is 1. The Bertz CT molecular complexity index is 581. The third kappa shape index (κ3) is 3.89. The van der Waals surface area contributed by atoms with E-state index in [2.05, 4.69) is 15.5 Å². The van der Waals surface area contributed by atoms with E-state index < -0.39 is 0 Å². The van der Waals surface area contributed by atoms with Crippen LogP contribution in [0.25, 0.3) is 11.5 Å². The second kappa shape index (κ2) is 6.81. The second-order valence-corrected chi connectivity index (χ2v) is 4.28. The fourth-order valence-electron chi connectivity index (χ4n) is 1.70. The monoisotopic (exact) mass is 275 g/mol. The molecule has 0 aliphatic rings. The molecule has 6 nitrogen and oxygen atoms in total. The Morgan fingerprint density at radius 3 is 3.00 bits per heavy atom. The van der Waals surface area contributed by atoms with Gasteiger partial charge in [0.05, 0.1) is 19.7 Å². The molecule has 0 spiro atoms. The van der Waals surface area contributed by atoms with E-state index in [-0.39, 0.29) is 12.5 Å². The molecule has 1 aromatic carbocycles. The van der Waals surface area contributed by atoms with Gasteiger partial charge in [-0.15, -0.1) is 10.2 Å². The van der Waals surface area contributed by atoms with Crippen LogP contribution >= 0.6 is 0 Å². The minimum absolute atomic E-state index is 0.121. The number of aryl methyl sites for hydroxylation is 1. The summed E-state index contributed by atoms with van der Waals surface area (Å²) < 4.78 is 10.3. The molecule has 106 valence electrons. The first kappa shape index (κ1) is 14.2. The highest BCUT2D eigenvalue weighted by Crippen LogP contribution is 2.18. The number of hydrogen-bond acceptors (Lipinski definition) is 6. The van der Waals surface area contributed by atoms with Crippen molar-refractivity contribution in [3.63, 3.8) is 0 Å². The number of nitrogens with zero attached hydrogens (tertiary/aromatic N) is 2. The largest absolute Gasteiger partial charge is 0.465 e. The van der Waals surface area contributed by atoms with Gasteiger partial charge in [-0.3, -0.25) is 10.1 Å². The van der Waals surface area contributed by atoms with Gasteiger partial charge in [-0.1, -0.05) is 17.7 Å². The van der Waals surface area contributed by atoms with Crippen molar-refractivity contribution in [1.29, 1.82) is 0 Å². The highest BCUT2D eigenvalue weighted by Gasteiger charge is 2.09. The number of esters is 1. The van der Waals surface area contributed by atoms with E-state index in [9.17, 15) is 4.79 Å². The van der Waals surface area contributed by atoms with Crippen LogP contribution in [0.4, 0.5) is 0 Å². The van der Waals surface area contributed by atoms with E-state index in [1.807, 2.05) is 31.2 Å². The van der Waals surface area contributed by atoms with Gasteiger partial charge in [0, 0.05) is 5.56 Å². The number of ether oxygens (including phenoxy) is 1. The van der Waals surface area contributed by atoms with Crippen LogP contribution in [-0.4, -0.2) is 29.3 Å². The summed E-state index contributed by atoms with van der Waals surface area (Å²) in [6.45, 7) is 4.60. The maximum atomic E-state index is 11.1. The average molecular weight is 275 g/mol. The molecule has 2 aromatic rings. The molecule has 0 bridgehead atoms. The quantitative estimate of drug-likeness (QED) is 0.808. The molecule has 1 aromatic heterocycles. The third-order valence-corrected chi connectivity index (χ3v) is 2.58. The lowest BCUT2D eigenvalue weighted by atomic mass is 10.1. The van der Waals surface area contributed by atoms with Crippen molar-refractivity contribution in [3.8, 4) is 11.5 Å². The molecular weight excluding hydrogens is 258 g/mol. The molecule has 0 saturated heterocycles. The van der Waals surface area contributed by atoms with E-state index in [1.165, 1.54) is 0 Å². The van der Waals surface area contributed by atoms with E-state index >= 15 is 0 Å². The first-order chi connectivity index (χ1) is 9.69. The molecule has 0 amide bonds.